The first kappa shape index (κ1) is 12.9. The molecule has 1 N–H and O–H groups in total. The van der Waals surface area contributed by atoms with E-state index in [9.17, 15) is 4.79 Å². The van der Waals surface area contributed by atoms with Gasteiger partial charge in [0.1, 0.15) is 14.9 Å². The molecule has 0 saturated carbocycles. The second-order valence-corrected chi connectivity index (χ2v) is 5.84. The number of hydrogen-bond acceptors (Lipinski definition) is 6. The van der Waals surface area contributed by atoms with Gasteiger partial charge in [-0.3, -0.25) is 9.78 Å². The van der Waals surface area contributed by atoms with Crippen molar-refractivity contribution in [3.63, 3.8) is 0 Å². The molecule has 0 atom stereocenters. The molecular formula is C13H10N4OS2. The fraction of sp³-hybridized carbons (Fsp3) is 0.0769. The number of rotatable bonds is 3. The van der Waals surface area contributed by atoms with Gasteiger partial charge in [-0.1, -0.05) is 11.3 Å². The van der Waals surface area contributed by atoms with Crippen LogP contribution in [-0.2, 0) is 0 Å². The smallest absolute Gasteiger partial charge is 0.268 e. The fourth-order valence-electron chi connectivity index (χ4n) is 1.62. The number of aryl methyl sites for hydroxylation is 1. The molecule has 5 nitrogen and oxygen atoms in total. The summed E-state index contributed by atoms with van der Waals surface area (Å²) in [6.07, 6.45) is 5.09. The molecule has 0 radical (unpaired) electrons. The van der Waals surface area contributed by atoms with Gasteiger partial charge in [0.05, 0.1) is 5.69 Å². The van der Waals surface area contributed by atoms with Gasteiger partial charge < -0.3 is 5.32 Å². The first-order valence-corrected chi connectivity index (χ1v) is 7.43. The molecule has 3 heterocycles. The van der Waals surface area contributed by atoms with Crippen LogP contribution in [0.1, 0.15) is 15.4 Å². The number of nitrogens with one attached hydrogen (secondary N) is 1. The highest BCUT2D eigenvalue weighted by Crippen LogP contribution is 2.31. The van der Waals surface area contributed by atoms with Crippen molar-refractivity contribution in [2.75, 3.05) is 5.32 Å². The van der Waals surface area contributed by atoms with Crippen LogP contribution >= 0.6 is 22.9 Å². The molecule has 0 unspecified atom stereocenters. The van der Waals surface area contributed by atoms with Crippen LogP contribution in [0, 0.1) is 6.92 Å². The topological polar surface area (TPSA) is 67.8 Å². The average molecular weight is 302 g/mol. The Bertz CT molecular complexity index is 722. The maximum atomic E-state index is 12.0. The lowest BCUT2D eigenvalue weighted by molar-refractivity contribution is 0.103. The molecule has 3 aromatic rings. The first-order valence-electron chi connectivity index (χ1n) is 5.84. The zero-order chi connectivity index (χ0) is 13.9. The van der Waals surface area contributed by atoms with Gasteiger partial charge in [0.2, 0.25) is 0 Å². The van der Waals surface area contributed by atoms with E-state index in [2.05, 4.69) is 19.7 Å². The summed E-state index contributed by atoms with van der Waals surface area (Å²) < 4.78 is 3.92. The monoisotopic (exact) mass is 302 g/mol. The summed E-state index contributed by atoms with van der Waals surface area (Å²) in [7, 11) is 0. The van der Waals surface area contributed by atoms with E-state index in [0.29, 0.717) is 4.88 Å². The van der Waals surface area contributed by atoms with Crippen LogP contribution in [0.4, 0.5) is 5.00 Å². The van der Waals surface area contributed by atoms with Crippen molar-refractivity contribution in [1.82, 2.24) is 14.3 Å². The Hall–Kier alpha value is -2.12. The van der Waals surface area contributed by atoms with E-state index < -0.39 is 0 Å². The summed E-state index contributed by atoms with van der Waals surface area (Å²) >= 11 is 2.61. The predicted octanol–water partition coefficient (Wildman–Crippen LogP) is 3.22. The summed E-state index contributed by atoms with van der Waals surface area (Å²) in [5, 5.41) is 4.46. The van der Waals surface area contributed by atoms with Crippen LogP contribution < -0.4 is 5.32 Å². The molecule has 0 fully saturated rings. The van der Waals surface area contributed by atoms with Crippen LogP contribution in [0.2, 0.25) is 0 Å². The summed E-state index contributed by atoms with van der Waals surface area (Å²) in [5.74, 6) is -0.156. The number of carbonyl (C=O) groups excluding carboxylic acids is 1. The Balaban J connectivity index is 1.85. The van der Waals surface area contributed by atoms with Crippen molar-refractivity contribution < 1.29 is 4.79 Å². The Morgan fingerprint density at radius 1 is 1.30 bits per heavy atom. The minimum Gasteiger partial charge on any atom is -0.311 e. The van der Waals surface area contributed by atoms with E-state index in [1.165, 1.54) is 22.9 Å². The Morgan fingerprint density at radius 2 is 2.20 bits per heavy atom. The van der Waals surface area contributed by atoms with Gasteiger partial charge in [-0.05, 0) is 36.7 Å². The minimum atomic E-state index is -0.156. The van der Waals surface area contributed by atoms with Crippen molar-refractivity contribution in [3.05, 3.63) is 47.4 Å². The van der Waals surface area contributed by atoms with Gasteiger partial charge in [0.25, 0.3) is 5.91 Å². The predicted molar refractivity (Wildman–Crippen MR) is 80.1 cm³/mol. The fourth-order valence-corrected chi connectivity index (χ4v) is 3.07. The maximum absolute atomic E-state index is 12.0. The molecule has 20 heavy (non-hydrogen) atoms. The molecule has 100 valence electrons. The number of carbonyl (C=O) groups is 1. The Kier molecular flexibility index (Phi) is 3.53. The molecule has 1 amide bonds. The number of anilines is 1. The van der Waals surface area contributed by atoms with Crippen LogP contribution in [0.25, 0.3) is 10.6 Å². The third-order valence-corrected chi connectivity index (χ3v) is 4.46. The van der Waals surface area contributed by atoms with Crippen molar-refractivity contribution in [3.8, 4) is 10.6 Å². The zero-order valence-corrected chi connectivity index (χ0v) is 12.2. The van der Waals surface area contributed by atoms with E-state index in [1.54, 1.807) is 24.7 Å². The van der Waals surface area contributed by atoms with E-state index in [1.807, 2.05) is 19.1 Å². The van der Waals surface area contributed by atoms with Gasteiger partial charge in [-0.2, -0.15) is 0 Å². The number of amides is 1. The highest BCUT2D eigenvalue weighted by molar-refractivity contribution is 7.19. The number of thiazole rings is 1. The number of aromatic nitrogens is 3. The largest absolute Gasteiger partial charge is 0.311 e. The second kappa shape index (κ2) is 5.48. The maximum Gasteiger partial charge on any atom is 0.268 e. The molecule has 0 spiro atoms. The lowest BCUT2D eigenvalue weighted by Gasteiger charge is -1.99. The highest BCUT2D eigenvalue weighted by Gasteiger charge is 2.14. The summed E-state index contributed by atoms with van der Waals surface area (Å²) in [5.41, 5.74) is 1.74. The van der Waals surface area contributed by atoms with E-state index in [4.69, 9.17) is 0 Å². The summed E-state index contributed by atoms with van der Waals surface area (Å²) in [4.78, 5) is 21.1. The molecule has 0 bridgehead atoms. The number of nitrogens with zero attached hydrogens (tertiary/aromatic N) is 3. The van der Waals surface area contributed by atoms with Crippen molar-refractivity contribution in [1.29, 1.82) is 0 Å². The molecule has 0 aliphatic rings. The van der Waals surface area contributed by atoms with Crippen LogP contribution in [0.5, 0.6) is 0 Å². The number of pyridine rings is 1. The van der Waals surface area contributed by atoms with Crippen molar-refractivity contribution in [2.24, 2.45) is 0 Å². The Morgan fingerprint density at radius 3 is 2.90 bits per heavy atom. The third kappa shape index (κ3) is 2.59. The van der Waals surface area contributed by atoms with Crippen LogP contribution in [0.3, 0.4) is 0 Å². The molecule has 0 aromatic carbocycles. The van der Waals surface area contributed by atoms with E-state index >= 15 is 0 Å². The molecule has 0 saturated heterocycles. The van der Waals surface area contributed by atoms with Gasteiger partial charge in [-0.15, -0.1) is 0 Å². The molecule has 0 aliphatic heterocycles. The lowest BCUT2D eigenvalue weighted by Crippen LogP contribution is -2.09. The van der Waals surface area contributed by atoms with E-state index in [0.717, 1.165) is 21.3 Å². The average Bonchev–Trinajstić information content (AvgIpc) is 3.10. The highest BCUT2D eigenvalue weighted by atomic mass is 32.1. The Labute approximate surface area is 123 Å². The van der Waals surface area contributed by atoms with Crippen LogP contribution in [-0.4, -0.2) is 20.2 Å². The summed E-state index contributed by atoms with van der Waals surface area (Å²) in [6, 6.07) is 5.50. The third-order valence-electron chi connectivity index (χ3n) is 2.59. The van der Waals surface area contributed by atoms with Crippen LogP contribution in [0.15, 0.2) is 36.8 Å². The molecule has 3 rings (SSSR count). The van der Waals surface area contributed by atoms with E-state index in [-0.39, 0.29) is 5.91 Å². The zero-order valence-electron chi connectivity index (χ0n) is 10.5. The van der Waals surface area contributed by atoms with Gasteiger partial charge in [-0.25, -0.2) is 9.36 Å². The second-order valence-electron chi connectivity index (χ2n) is 4.01. The minimum absolute atomic E-state index is 0.156. The molecule has 7 heteroatoms. The SMILES string of the molecule is Cc1nc(-c2cccnc2)sc1NC(=O)c1ccns1. The summed E-state index contributed by atoms with van der Waals surface area (Å²) in [6.45, 7) is 1.87. The first-order chi connectivity index (χ1) is 9.74. The van der Waals surface area contributed by atoms with Crippen molar-refractivity contribution in [2.45, 2.75) is 6.92 Å². The quantitative estimate of drug-likeness (QED) is 0.806. The number of hydrogen-bond donors (Lipinski definition) is 1. The lowest BCUT2D eigenvalue weighted by atomic mass is 10.3. The standard InChI is InChI=1S/C13H10N4OS2/c1-8-12(17-11(18)10-4-6-15-20-10)19-13(16-8)9-3-2-5-14-7-9/h2-7H,1H3,(H,17,18). The van der Waals surface area contributed by atoms with Gasteiger partial charge in [0.15, 0.2) is 0 Å². The van der Waals surface area contributed by atoms with Gasteiger partial charge >= 0.3 is 0 Å². The normalized spacial score (nSPS) is 10.4. The molecule has 3 aromatic heterocycles. The van der Waals surface area contributed by atoms with Gasteiger partial charge in [0, 0.05) is 24.2 Å². The molecule has 0 aliphatic carbocycles. The molecular weight excluding hydrogens is 292 g/mol. The van der Waals surface area contributed by atoms with Crippen molar-refractivity contribution >= 4 is 33.8 Å².